The first-order chi connectivity index (χ1) is 7.92. The lowest BCUT2D eigenvalue weighted by Gasteiger charge is -2.16. The molecule has 0 aliphatic carbocycles. The first kappa shape index (κ1) is 15.4. The minimum atomic E-state index is -1.18. The molecule has 0 spiro atoms. The standard InChI is InChI=1S/C10H18N2O5/c1-6(11-2)9(14)12-7(10(15)16)4-5-8(13)17-3/h6-7,11H,4-5H2,1-3H3,(H,12,14)(H,15,16)/t6?,7-/m1/s1. The number of carboxylic acids is 1. The highest BCUT2D eigenvalue weighted by atomic mass is 16.5. The molecule has 98 valence electrons. The number of amides is 1. The van der Waals surface area contributed by atoms with E-state index < -0.39 is 29.9 Å². The average Bonchev–Trinajstić information content (AvgIpc) is 2.31. The number of hydrogen-bond donors (Lipinski definition) is 3. The van der Waals surface area contributed by atoms with E-state index in [1.165, 1.54) is 7.11 Å². The number of ether oxygens (including phenoxy) is 1. The lowest BCUT2D eigenvalue weighted by Crippen LogP contribution is -2.48. The van der Waals surface area contributed by atoms with E-state index in [-0.39, 0.29) is 12.8 Å². The maximum Gasteiger partial charge on any atom is 0.326 e. The molecule has 0 fully saturated rings. The maximum absolute atomic E-state index is 11.5. The molecule has 3 N–H and O–H groups in total. The summed E-state index contributed by atoms with van der Waals surface area (Å²) in [4.78, 5) is 33.2. The van der Waals surface area contributed by atoms with E-state index in [9.17, 15) is 14.4 Å². The lowest BCUT2D eigenvalue weighted by molar-refractivity contribution is -0.144. The number of esters is 1. The second-order valence-electron chi connectivity index (χ2n) is 3.52. The van der Waals surface area contributed by atoms with Crippen molar-refractivity contribution in [2.45, 2.75) is 31.8 Å². The Kier molecular flexibility index (Phi) is 6.88. The number of likely N-dealkylation sites (N-methyl/N-ethyl adjacent to an activating group) is 1. The Morgan fingerprint density at radius 3 is 2.35 bits per heavy atom. The molecule has 0 aliphatic heterocycles. The normalized spacial score (nSPS) is 13.6. The van der Waals surface area contributed by atoms with Crippen molar-refractivity contribution >= 4 is 17.8 Å². The monoisotopic (exact) mass is 246 g/mol. The predicted molar refractivity (Wildman–Crippen MR) is 59.3 cm³/mol. The molecular formula is C10H18N2O5. The lowest BCUT2D eigenvalue weighted by atomic mass is 10.1. The fourth-order valence-electron chi connectivity index (χ4n) is 1.05. The van der Waals surface area contributed by atoms with E-state index in [0.717, 1.165) is 0 Å². The third-order valence-corrected chi connectivity index (χ3v) is 2.31. The summed E-state index contributed by atoms with van der Waals surface area (Å²) in [6, 6.07) is -1.58. The minimum absolute atomic E-state index is 0.00415. The molecule has 0 aromatic carbocycles. The van der Waals surface area contributed by atoms with Gasteiger partial charge in [-0.3, -0.25) is 9.59 Å². The summed E-state index contributed by atoms with van der Waals surface area (Å²) >= 11 is 0. The van der Waals surface area contributed by atoms with E-state index in [2.05, 4.69) is 15.4 Å². The molecule has 0 saturated heterocycles. The average molecular weight is 246 g/mol. The summed E-state index contributed by atoms with van der Waals surface area (Å²) in [7, 11) is 2.81. The van der Waals surface area contributed by atoms with Crippen LogP contribution >= 0.6 is 0 Å². The van der Waals surface area contributed by atoms with Crippen LogP contribution in [0.5, 0.6) is 0 Å². The molecule has 1 amide bonds. The number of nitrogens with one attached hydrogen (secondary N) is 2. The molecule has 17 heavy (non-hydrogen) atoms. The van der Waals surface area contributed by atoms with Gasteiger partial charge in [-0.15, -0.1) is 0 Å². The third-order valence-electron chi connectivity index (χ3n) is 2.31. The van der Waals surface area contributed by atoms with Crippen LogP contribution < -0.4 is 10.6 Å². The van der Waals surface area contributed by atoms with E-state index in [1.807, 2.05) is 0 Å². The van der Waals surface area contributed by atoms with Crippen molar-refractivity contribution in [1.82, 2.24) is 10.6 Å². The zero-order valence-electron chi connectivity index (χ0n) is 10.1. The predicted octanol–water partition coefficient (Wildman–Crippen LogP) is -0.883. The molecule has 7 heteroatoms. The number of hydrogen-bond acceptors (Lipinski definition) is 5. The molecule has 0 radical (unpaired) electrons. The van der Waals surface area contributed by atoms with Crippen LogP contribution in [0.1, 0.15) is 19.8 Å². The Morgan fingerprint density at radius 1 is 1.35 bits per heavy atom. The molecule has 0 heterocycles. The summed E-state index contributed by atoms with van der Waals surface area (Å²) < 4.78 is 4.40. The summed E-state index contributed by atoms with van der Waals surface area (Å²) in [5.41, 5.74) is 0. The third kappa shape index (κ3) is 5.86. The molecule has 0 bridgehead atoms. The van der Waals surface area contributed by atoms with Crippen molar-refractivity contribution in [2.24, 2.45) is 0 Å². The van der Waals surface area contributed by atoms with Crippen LogP contribution in [-0.2, 0) is 19.1 Å². The summed E-state index contributed by atoms with van der Waals surface area (Å²) in [6.45, 7) is 1.61. The molecule has 0 aromatic rings. The van der Waals surface area contributed by atoms with Gasteiger partial charge in [-0.2, -0.15) is 0 Å². The van der Waals surface area contributed by atoms with Gasteiger partial charge in [-0.25, -0.2) is 4.79 Å². The Morgan fingerprint density at radius 2 is 1.94 bits per heavy atom. The number of rotatable bonds is 7. The number of methoxy groups -OCH3 is 1. The largest absolute Gasteiger partial charge is 0.480 e. The van der Waals surface area contributed by atoms with Crippen LogP contribution in [0.2, 0.25) is 0 Å². The molecule has 1 unspecified atom stereocenters. The molecule has 2 atom stereocenters. The van der Waals surface area contributed by atoms with Gasteiger partial charge in [-0.1, -0.05) is 0 Å². The number of carbonyl (C=O) groups is 3. The fraction of sp³-hybridized carbons (Fsp3) is 0.700. The van der Waals surface area contributed by atoms with Crippen molar-refractivity contribution in [3.8, 4) is 0 Å². The van der Waals surface area contributed by atoms with Gasteiger partial charge in [0.05, 0.1) is 13.2 Å². The molecule has 0 aliphatic rings. The number of carbonyl (C=O) groups excluding carboxylic acids is 2. The van der Waals surface area contributed by atoms with E-state index in [0.29, 0.717) is 0 Å². The Labute approximate surface area is 99.5 Å². The molecule has 0 aromatic heterocycles. The smallest absolute Gasteiger partial charge is 0.326 e. The first-order valence-electron chi connectivity index (χ1n) is 5.19. The van der Waals surface area contributed by atoms with Crippen LogP contribution in [-0.4, -0.2) is 49.2 Å². The summed E-state index contributed by atoms with van der Waals surface area (Å²) in [6.07, 6.45) is -0.0497. The highest BCUT2D eigenvalue weighted by Gasteiger charge is 2.23. The minimum Gasteiger partial charge on any atom is -0.480 e. The Hall–Kier alpha value is -1.63. The molecule has 7 nitrogen and oxygen atoms in total. The van der Waals surface area contributed by atoms with Crippen molar-refractivity contribution in [3.63, 3.8) is 0 Å². The van der Waals surface area contributed by atoms with Crippen LogP contribution in [0, 0.1) is 0 Å². The van der Waals surface area contributed by atoms with E-state index in [1.54, 1.807) is 14.0 Å². The zero-order valence-corrected chi connectivity index (χ0v) is 10.1. The van der Waals surface area contributed by atoms with Crippen molar-refractivity contribution in [3.05, 3.63) is 0 Å². The molecule has 0 rings (SSSR count). The number of aliphatic carboxylic acids is 1. The van der Waals surface area contributed by atoms with Crippen LogP contribution in [0.4, 0.5) is 0 Å². The van der Waals surface area contributed by atoms with Gasteiger partial charge in [0.15, 0.2) is 0 Å². The second kappa shape index (κ2) is 7.61. The summed E-state index contributed by atoms with van der Waals surface area (Å²) in [5.74, 6) is -2.11. The van der Waals surface area contributed by atoms with E-state index in [4.69, 9.17) is 5.11 Å². The highest BCUT2D eigenvalue weighted by molar-refractivity contribution is 5.86. The number of carboxylic acid groups (broad SMARTS) is 1. The van der Waals surface area contributed by atoms with Gasteiger partial charge in [0.25, 0.3) is 0 Å². The first-order valence-corrected chi connectivity index (χ1v) is 5.19. The molecule has 0 saturated carbocycles. The Balaban J connectivity index is 4.30. The van der Waals surface area contributed by atoms with Crippen LogP contribution in [0.3, 0.4) is 0 Å². The van der Waals surface area contributed by atoms with Gasteiger partial charge in [0.1, 0.15) is 6.04 Å². The van der Waals surface area contributed by atoms with Gasteiger partial charge < -0.3 is 20.5 Å². The zero-order chi connectivity index (χ0) is 13.4. The molecular weight excluding hydrogens is 228 g/mol. The van der Waals surface area contributed by atoms with Crippen LogP contribution in [0.25, 0.3) is 0 Å². The van der Waals surface area contributed by atoms with E-state index >= 15 is 0 Å². The fourth-order valence-corrected chi connectivity index (χ4v) is 1.05. The van der Waals surface area contributed by atoms with Crippen molar-refractivity contribution < 1.29 is 24.2 Å². The van der Waals surface area contributed by atoms with Crippen molar-refractivity contribution in [2.75, 3.05) is 14.2 Å². The highest BCUT2D eigenvalue weighted by Crippen LogP contribution is 2.00. The van der Waals surface area contributed by atoms with Gasteiger partial charge >= 0.3 is 11.9 Å². The van der Waals surface area contributed by atoms with Gasteiger partial charge in [-0.05, 0) is 20.4 Å². The Bertz CT molecular complexity index is 292. The van der Waals surface area contributed by atoms with Gasteiger partial charge in [0, 0.05) is 6.42 Å². The topological polar surface area (TPSA) is 105 Å². The van der Waals surface area contributed by atoms with Gasteiger partial charge in [0.2, 0.25) is 5.91 Å². The van der Waals surface area contributed by atoms with Crippen molar-refractivity contribution in [1.29, 1.82) is 0 Å². The SMILES string of the molecule is CNC(C)C(=O)N[C@H](CCC(=O)OC)C(=O)O. The quantitative estimate of drug-likeness (QED) is 0.504. The summed E-state index contributed by atoms with van der Waals surface area (Å²) in [5, 5.41) is 13.9. The second-order valence-corrected chi connectivity index (χ2v) is 3.52. The van der Waals surface area contributed by atoms with Crippen LogP contribution in [0.15, 0.2) is 0 Å². The maximum atomic E-state index is 11.5.